The van der Waals surface area contributed by atoms with Crippen molar-refractivity contribution in [2.75, 3.05) is 11.4 Å². The minimum atomic E-state index is 0.0754. The highest BCUT2D eigenvalue weighted by Gasteiger charge is 2.27. The molecule has 2 aromatic heterocycles. The van der Waals surface area contributed by atoms with E-state index in [4.69, 9.17) is 0 Å². The maximum atomic E-state index is 11.7. The molecule has 4 heteroatoms. The minimum absolute atomic E-state index is 0.0754. The zero-order valence-corrected chi connectivity index (χ0v) is 11.9. The number of Topliss-reactive ketones (excluding diaryl/α,β-unsaturated/α-hetero) is 1. The summed E-state index contributed by atoms with van der Waals surface area (Å²) in [5, 5.41) is 2.15. The molecule has 1 unspecified atom stereocenters. The van der Waals surface area contributed by atoms with Crippen LogP contribution in [0, 0.1) is 0 Å². The minimum Gasteiger partial charge on any atom is -0.349 e. The van der Waals surface area contributed by atoms with Gasteiger partial charge < -0.3 is 4.90 Å². The number of carbonyl (C=O) groups is 1. The molecule has 19 heavy (non-hydrogen) atoms. The Morgan fingerprint density at radius 3 is 3.11 bits per heavy atom. The summed E-state index contributed by atoms with van der Waals surface area (Å²) in [6.45, 7) is 4.71. The number of hydrogen-bond acceptors (Lipinski definition) is 4. The van der Waals surface area contributed by atoms with Gasteiger partial charge in [0.1, 0.15) is 5.82 Å². The number of thiophene rings is 1. The molecule has 3 rings (SSSR count). The molecule has 0 amide bonds. The molecular weight excluding hydrogens is 256 g/mol. The van der Waals surface area contributed by atoms with E-state index in [2.05, 4.69) is 28.3 Å². The summed E-state index contributed by atoms with van der Waals surface area (Å²) in [6.07, 6.45) is 2.79. The van der Waals surface area contributed by atoms with E-state index in [1.807, 2.05) is 23.5 Å². The highest BCUT2D eigenvalue weighted by Crippen LogP contribution is 2.36. The first kappa shape index (κ1) is 12.4. The summed E-state index contributed by atoms with van der Waals surface area (Å²) in [7, 11) is 0. The zero-order valence-electron chi connectivity index (χ0n) is 11.1. The topological polar surface area (TPSA) is 33.2 Å². The molecule has 0 N–H and O–H groups in total. The van der Waals surface area contributed by atoms with Crippen molar-refractivity contribution in [3.63, 3.8) is 0 Å². The van der Waals surface area contributed by atoms with E-state index in [-0.39, 0.29) is 11.8 Å². The second-order valence-corrected chi connectivity index (χ2v) is 5.85. The summed E-state index contributed by atoms with van der Waals surface area (Å²) in [4.78, 5) is 19.9. The molecule has 3 nitrogen and oxygen atoms in total. The van der Waals surface area contributed by atoms with Gasteiger partial charge in [0.05, 0.1) is 11.6 Å². The Balaban J connectivity index is 2.03. The van der Waals surface area contributed by atoms with Crippen LogP contribution in [0.1, 0.15) is 40.7 Å². The fraction of sp³-hybridized carbons (Fsp3) is 0.333. The maximum absolute atomic E-state index is 11.7. The van der Waals surface area contributed by atoms with Gasteiger partial charge in [-0.1, -0.05) is 0 Å². The van der Waals surface area contributed by atoms with Crippen LogP contribution in [0.3, 0.4) is 0 Å². The van der Waals surface area contributed by atoms with Gasteiger partial charge in [-0.05, 0) is 49.4 Å². The van der Waals surface area contributed by atoms with Gasteiger partial charge in [0.2, 0.25) is 0 Å². The number of fused-ring (bicyclic) bond motifs is 1. The van der Waals surface area contributed by atoms with Crippen LogP contribution in [0.15, 0.2) is 29.8 Å². The van der Waals surface area contributed by atoms with E-state index >= 15 is 0 Å². The predicted molar refractivity (Wildman–Crippen MR) is 78.0 cm³/mol. The molecule has 0 bridgehead atoms. The average molecular weight is 272 g/mol. The third kappa shape index (κ3) is 2.06. The molecule has 2 aromatic rings. The first-order valence-corrected chi connectivity index (χ1v) is 7.35. The molecular formula is C15H16N2OS. The Morgan fingerprint density at radius 1 is 1.47 bits per heavy atom. The quantitative estimate of drug-likeness (QED) is 0.785. The fourth-order valence-electron chi connectivity index (χ4n) is 2.70. The van der Waals surface area contributed by atoms with Crippen molar-refractivity contribution in [1.29, 1.82) is 0 Å². The van der Waals surface area contributed by atoms with E-state index < -0.39 is 0 Å². The number of nitrogens with zero attached hydrogens (tertiary/aromatic N) is 2. The summed E-state index contributed by atoms with van der Waals surface area (Å²) >= 11 is 1.82. The van der Waals surface area contributed by atoms with E-state index in [0.717, 1.165) is 18.8 Å². The Labute approximate surface area is 116 Å². The number of rotatable bonds is 2. The Bertz CT molecular complexity index is 620. The predicted octanol–water partition coefficient (Wildman–Crippen LogP) is 3.47. The second kappa shape index (κ2) is 4.78. The maximum Gasteiger partial charge on any atom is 0.163 e. The lowest BCUT2D eigenvalue weighted by atomic mass is 10.0. The fourth-order valence-corrected chi connectivity index (χ4v) is 3.66. The third-order valence-corrected chi connectivity index (χ3v) is 4.71. The smallest absolute Gasteiger partial charge is 0.163 e. The number of pyridine rings is 1. The number of aromatic nitrogens is 1. The molecule has 0 aliphatic carbocycles. The zero-order chi connectivity index (χ0) is 13.4. The van der Waals surface area contributed by atoms with Crippen LogP contribution < -0.4 is 4.90 Å². The Hall–Kier alpha value is -1.68. The number of hydrogen-bond donors (Lipinski definition) is 0. The van der Waals surface area contributed by atoms with Gasteiger partial charge in [-0.25, -0.2) is 4.98 Å². The molecule has 0 saturated carbocycles. The second-order valence-electron chi connectivity index (χ2n) is 4.85. The SMILES string of the molecule is CC(=O)c1cccnc1N1CCc2sccc2C1C. The number of carbonyl (C=O) groups excluding carboxylic acids is 1. The van der Waals surface area contributed by atoms with Crippen molar-refractivity contribution in [1.82, 2.24) is 4.98 Å². The third-order valence-electron chi connectivity index (χ3n) is 3.72. The number of ketones is 1. The standard InChI is InChI=1S/C15H16N2OS/c1-10-12-6-9-19-14(12)5-8-17(10)15-13(11(2)18)4-3-7-16-15/h3-4,6-7,9-10H,5,8H2,1-2H3. The van der Waals surface area contributed by atoms with Gasteiger partial charge in [-0.2, -0.15) is 0 Å². The van der Waals surface area contributed by atoms with Crippen molar-refractivity contribution in [2.45, 2.75) is 26.3 Å². The van der Waals surface area contributed by atoms with Crippen molar-refractivity contribution in [3.05, 3.63) is 45.8 Å². The van der Waals surface area contributed by atoms with E-state index in [9.17, 15) is 4.79 Å². The molecule has 98 valence electrons. The Kier molecular flexibility index (Phi) is 3.11. The molecule has 1 aliphatic heterocycles. The highest BCUT2D eigenvalue weighted by molar-refractivity contribution is 7.10. The van der Waals surface area contributed by atoms with Crippen LogP contribution in [-0.4, -0.2) is 17.3 Å². The van der Waals surface area contributed by atoms with Crippen molar-refractivity contribution in [3.8, 4) is 0 Å². The molecule has 1 aliphatic rings. The van der Waals surface area contributed by atoms with Gasteiger partial charge >= 0.3 is 0 Å². The van der Waals surface area contributed by atoms with Crippen molar-refractivity contribution < 1.29 is 4.79 Å². The summed E-state index contributed by atoms with van der Waals surface area (Å²) in [5.74, 6) is 0.894. The van der Waals surface area contributed by atoms with Crippen LogP contribution in [0.2, 0.25) is 0 Å². The molecule has 3 heterocycles. The molecule has 0 spiro atoms. The molecule has 0 saturated heterocycles. The van der Waals surface area contributed by atoms with Gasteiger partial charge in [0.15, 0.2) is 5.78 Å². The van der Waals surface area contributed by atoms with Crippen molar-refractivity contribution >= 4 is 22.9 Å². The lowest BCUT2D eigenvalue weighted by Gasteiger charge is -2.35. The van der Waals surface area contributed by atoms with Crippen LogP contribution in [0.5, 0.6) is 0 Å². The van der Waals surface area contributed by atoms with Gasteiger partial charge in [-0.15, -0.1) is 11.3 Å². The van der Waals surface area contributed by atoms with Gasteiger partial charge in [-0.3, -0.25) is 4.79 Å². The van der Waals surface area contributed by atoms with Crippen LogP contribution in [0.4, 0.5) is 5.82 Å². The van der Waals surface area contributed by atoms with Crippen molar-refractivity contribution in [2.24, 2.45) is 0 Å². The summed E-state index contributed by atoms with van der Waals surface area (Å²) in [5.41, 5.74) is 2.09. The largest absolute Gasteiger partial charge is 0.349 e. The number of anilines is 1. The first-order valence-electron chi connectivity index (χ1n) is 6.47. The van der Waals surface area contributed by atoms with Crippen LogP contribution in [0.25, 0.3) is 0 Å². The molecule has 0 aromatic carbocycles. The highest BCUT2D eigenvalue weighted by atomic mass is 32.1. The first-order chi connectivity index (χ1) is 9.18. The summed E-state index contributed by atoms with van der Waals surface area (Å²) in [6, 6.07) is 6.15. The van der Waals surface area contributed by atoms with Gasteiger partial charge in [0.25, 0.3) is 0 Å². The van der Waals surface area contributed by atoms with Crippen LogP contribution in [-0.2, 0) is 6.42 Å². The summed E-state index contributed by atoms with van der Waals surface area (Å²) < 4.78 is 0. The van der Waals surface area contributed by atoms with Crippen LogP contribution >= 0.6 is 11.3 Å². The molecule has 0 radical (unpaired) electrons. The van der Waals surface area contributed by atoms with Gasteiger partial charge in [0, 0.05) is 17.6 Å². The normalized spacial score (nSPS) is 18.2. The Morgan fingerprint density at radius 2 is 2.32 bits per heavy atom. The van der Waals surface area contributed by atoms with E-state index in [1.54, 1.807) is 13.1 Å². The lowest BCUT2D eigenvalue weighted by Crippen LogP contribution is -2.34. The monoisotopic (exact) mass is 272 g/mol. The molecule has 0 fully saturated rings. The van der Waals surface area contributed by atoms with E-state index in [0.29, 0.717) is 5.56 Å². The average Bonchev–Trinajstić information content (AvgIpc) is 2.88. The molecule has 1 atom stereocenters. The van der Waals surface area contributed by atoms with E-state index in [1.165, 1.54) is 10.4 Å². The lowest BCUT2D eigenvalue weighted by molar-refractivity contribution is 0.101.